The molecule has 0 fully saturated rings. The van der Waals surface area contributed by atoms with Crippen LogP contribution in [-0.4, -0.2) is 15.8 Å². The average molecular weight is 146 g/mol. The highest BCUT2D eigenvalue weighted by Gasteiger charge is 1.95. The highest BCUT2D eigenvalue weighted by atomic mass is 28.2. The van der Waals surface area contributed by atoms with Crippen LogP contribution in [0.5, 0.6) is 0 Å². The Balaban J connectivity index is 2.91. The van der Waals surface area contributed by atoms with Crippen LogP contribution in [0, 0.1) is 5.92 Å². The minimum Gasteiger partial charge on any atom is -0.329 e. The Kier molecular flexibility index (Phi) is 5.04. The molecule has 1 unspecified atom stereocenters. The topological polar surface area (TPSA) is 38.0 Å². The van der Waals surface area contributed by atoms with Crippen LogP contribution in [0.15, 0.2) is 0 Å². The van der Waals surface area contributed by atoms with Crippen molar-refractivity contribution < 1.29 is 0 Å². The van der Waals surface area contributed by atoms with Gasteiger partial charge in [-0.3, -0.25) is 0 Å². The van der Waals surface area contributed by atoms with Crippen molar-refractivity contribution in [3.05, 3.63) is 0 Å². The van der Waals surface area contributed by atoms with Crippen molar-refractivity contribution in [3.8, 4) is 0 Å². The smallest absolute Gasteiger partial charge is 0.0936 e. The van der Waals surface area contributed by atoms with E-state index >= 15 is 0 Å². The second-order valence-corrected chi connectivity index (χ2v) is 4.41. The van der Waals surface area contributed by atoms with E-state index in [0.717, 1.165) is 5.92 Å². The maximum absolute atomic E-state index is 5.50. The Hall–Kier alpha value is 0.137. The van der Waals surface area contributed by atoms with E-state index in [1.807, 2.05) is 6.92 Å². The fourth-order valence-corrected chi connectivity index (χ4v) is 1.80. The maximum Gasteiger partial charge on any atom is 0.0936 e. The van der Waals surface area contributed by atoms with Crippen LogP contribution in [0.2, 0.25) is 6.04 Å². The Bertz CT molecular complexity index is 56.1. The molecule has 0 amide bonds. The van der Waals surface area contributed by atoms with E-state index in [-0.39, 0.29) is 15.8 Å². The molecule has 0 radical (unpaired) electrons. The number of hydrogen-bond acceptors (Lipinski definition) is 2. The molecule has 1 atom stereocenters. The summed E-state index contributed by atoms with van der Waals surface area (Å²) in [6.45, 7) is 6.49. The standard InChI is InChI=1S/C6H18N2Si/c1-5(2)4-9-8-6(3)7/h5-6,8H,4,7,9H2,1-3H3. The lowest BCUT2D eigenvalue weighted by molar-refractivity contribution is 0.684. The number of hydrogen-bond donors (Lipinski definition) is 2. The summed E-state index contributed by atoms with van der Waals surface area (Å²) in [5, 5.41) is 0. The summed E-state index contributed by atoms with van der Waals surface area (Å²) in [5.41, 5.74) is 5.50. The van der Waals surface area contributed by atoms with E-state index in [1.54, 1.807) is 0 Å². The van der Waals surface area contributed by atoms with Crippen molar-refractivity contribution in [2.75, 3.05) is 0 Å². The Morgan fingerprint density at radius 1 is 1.44 bits per heavy atom. The van der Waals surface area contributed by atoms with E-state index < -0.39 is 0 Å². The van der Waals surface area contributed by atoms with Gasteiger partial charge in [-0.15, -0.1) is 0 Å². The van der Waals surface area contributed by atoms with Crippen molar-refractivity contribution in [1.82, 2.24) is 4.98 Å². The van der Waals surface area contributed by atoms with E-state index in [4.69, 9.17) is 5.73 Å². The third-order valence-corrected chi connectivity index (χ3v) is 3.56. The van der Waals surface area contributed by atoms with Crippen LogP contribution in [0.4, 0.5) is 0 Å². The lowest BCUT2D eigenvalue weighted by Crippen LogP contribution is -2.37. The molecule has 0 bridgehead atoms. The molecule has 2 nitrogen and oxygen atoms in total. The molecule has 0 aliphatic heterocycles. The summed E-state index contributed by atoms with van der Waals surface area (Å²) >= 11 is 0. The lowest BCUT2D eigenvalue weighted by atomic mass is 10.3. The van der Waals surface area contributed by atoms with Gasteiger partial charge < -0.3 is 10.7 Å². The Morgan fingerprint density at radius 2 is 2.00 bits per heavy atom. The quantitative estimate of drug-likeness (QED) is 0.434. The molecule has 0 aromatic carbocycles. The van der Waals surface area contributed by atoms with Gasteiger partial charge in [-0.1, -0.05) is 13.8 Å². The van der Waals surface area contributed by atoms with Crippen LogP contribution in [0.1, 0.15) is 20.8 Å². The van der Waals surface area contributed by atoms with Crippen LogP contribution in [0.25, 0.3) is 0 Å². The van der Waals surface area contributed by atoms with Crippen molar-refractivity contribution in [2.24, 2.45) is 11.7 Å². The monoisotopic (exact) mass is 146 g/mol. The van der Waals surface area contributed by atoms with Crippen molar-refractivity contribution in [3.63, 3.8) is 0 Å². The fourth-order valence-electron chi connectivity index (χ4n) is 0.600. The maximum atomic E-state index is 5.50. The van der Waals surface area contributed by atoms with Crippen LogP contribution in [-0.2, 0) is 0 Å². The van der Waals surface area contributed by atoms with Gasteiger partial charge in [0.1, 0.15) is 0 Å². The van der Waals surface area contributed by atoms with Gasteiger partial charge in [0.25, 0.3) is 0 Å². The molecule has 9 heavy (non-hydrogen) atoms. The normalized spacial score (nSPS) is 15.7. The van der Waals surface area contributed by atoms with Crippen LogP contribution < -0.4 is 10.7 Å². The van der Waals surface area contributed by atoms with Crippen molar-refractivity contribution in [2.45, 2.75) is 33.0 Å². The molecule has 0 saturated heterocycles. The Morgan fingerprint density at radius 3 is 2.33 bits per heavy atom. The van der Waals surface area contributed by atoms with Gasteiger partial charge in [0, 0.05) is 6.17 Å². The third-order valence-electron chi connectivity index (χ3n) is 1.19. The van der Waals surface area contributed by atoms with E-state index in [9.17, 15) is 0 Å². The molecule has 3 N–H and O–H groups in total. The zero-order valence-corrected chi connectivity index (χ0v) is 8.06. The van der Waals surface area contributed by atoms with Gasteiger partial charge in [0.2, 0.25) is 0 Å². The summed E-state index contributed by atoms with van der Waals surface area (Å²) in [7, 11) is -0.0586. The SMILES string of the molecule is CC(C)C[SiH2]NC(C)N. The highest BCUT2D eigenvalue weighted by molar-refractivity contribution is 6.32. The van der Waals surface area contributed by atoms with E-state index in [2.05, 4.69) is 18.8 Å². The molecule has 0 heterocycles. The second kappa shape index (κ2) is 4.96. The molecule has 0 spiro atoms. The predicted octanol–water partition coefficient (Wildman–Crippen LogP) is 0.0388. The second-order valence-electron chi connectivity index (χ2n) is 2.93. The van der Waals surface area contributed by atoms with Gasteiger partial charge in [0.05, 0.1) is 9.68 Å². The summed E-state index contributed by atoms with van der Waals surface area (Å²) in [5.74, 6) is 0.836. The van der Waals surface area contributed by atoms with E-state index in [1.165, 1.54) is 6.04 Å². The molecular weight excluding hydrogens is 128 g/mol. The zero-order chi connectivity index (χ0) is 7.28. The van der Waals surface area contributed by atoms with Gasteiger partial charge in [0.15, 0.2) is 0 Å². The first-order valence-corrected chi connectivity index (χ1v) is 5.32. The molecule has 0 rings (SSSR count). The average Bonchev–Trinajstić information content (AvgIpc) is 1.63. The zero-order valence-electron chi connectivity index (χ0n) is 6.65. The number of nitrogens with one attached hydrogen (secondary N) is 1. The number of rotatable bonds is 4. The van der Waals surface area contributed by atoms with Gasteiger partial charge in [-0.05, 0) is 18.9 Å². The van der Waals surface area contributed by atoms with Crippen LogP contribution >= 0.6 is 0 Å². The first-order valence-electron chi connectivity index (χ1n) is 3.62. The predicted molar refractivity (Wildman–Crippen MR) is 45.0 cm³/mol. The molecule has 0 aliphatic carbocycles. The summed E-state index contributed by atoms with van der Waals surface area (Å²) in [6, 6.07) is 1.35. The first kappa shape index (κ1) is 9.14. The molecule has 56 valence electrons. The third kappa shape index (κ3) is 8.14. The molecule has 0 aromatic rings. The first-order chi connectivity index (χ1) is 4.13. The summed E-state index contributed by atoms with van der Waals surface area (Å²) in [6.07, 6.45) is 0.204. The lowest BCUT2D eigenvalue weighted by Gasteiger charge is -2.08. The number of nitrogens with two attached hydrogens (primary N) is 1. The summed E-state index contributed by atoms with van der Waals surface area (Å²) in [4.78, 5) is 3.29. The molecule has 0 aliphatic rings. The van der Waals surface area contributed by atoms with Crippen molar-refractivity contribution >= 4 is 9.68 Å². The molecule has 0 aromatic heterocycles. The van der Waals surface area contributed by atoms with Crippen LogP contribution in [0.3, 0.4) is 0 Å². The minimum absolute atomic E-state index is 0.0586. The highest BCUT2D eigenvalue weighted by Crippen LogP contribution is 1.96. The van der Waals surface area contributed by atoms with Gasteiger partial charge in [-0.25, -0.2) is 0 Å². The molecule has 0 saturated carbocycles. The Labute approximate surface area is 60.1 Å². The fraction of sp³-hybridized carbons (Fsp3) is 1.00. The van der Waals surface area contributed by atoms with E-state index in [0.29, 0.717) is 0 Å². The summed E-state index contributed by atoms with van der Waals surface area (Å²) < 4.78 is 0. The van der Waals surface area contributed by atoms with Crippen molar-refractivity contribution in [1.29, 1.82) is 0 Å². The largest absolute Gasteiger partial charge is 0.329 e. The van der Waals surface area contributed by atoms with Gasteiger partial charge >= 0.3 is 0 Å². The van der Waals surface area contributed by atoms with Gasteiger partial charge in [-0.2, -0.15) is 0 Å². The minimum atomic E-state index is -0.0586. The molecule has 3 heteroatoms. The molecular formula is C6H18N2Si.